The minimum Gasteiger partial charge on any atom is -0.377 e. The highest BCUT2D eigenvalue weighted by Gasteiger charge is 2.17. The zero-order valence-electron chi connectivity index (χ0n) is 15.7. The molecule has 1 aliphatic heterocycles. The predicted octanol–water partition coefficient (Wildman–Crippen LogP) is 2.85. The lowest BCUT2D eigenvalue weighted by Gasteiger charge is -2.33. The average Bonchev–Trinajstić information content (AvgIpc) is 2.50. The van der Waals surface area contributed by atoms with Crippen molar-refractivity contribution in [3.63, 3.8) is 0 Å². The number of ether oxygens (including phenoxy) is 1. The normalized spacial score (nSPS) is 20.0. The largest absolute Gasteiger partial charge is 0.377 e. The van der Waals surface area contributed by atoms with Crippen LogP contribution in [0.15, 0.2) is 4.99 Å². The van der Waals surface area contributed by atoms with E-state index in [1.165, 1.54) is 32.4 Å². The molecule has 1 fully saturated rings. The molecule has 1 saturated heterocycles. The van der Waals surface area contributed by atoms with Gasteiger partial charge in [-0.1, -0.05) is 6.42 Å². The fraction of sp³-hybridized carbons (Fsp3) is 0.941. The molecule has 0 saturated carbocycles. The number of nitrogens with zero attached hydrogens (tertiary/aromatic N) is 2. The molecule has 2 N–H and O–H groups in total. The van der Waals surface area contributed by atoms with Crippen LogP contribution in [-0.4, -0.2) is 62.3 Å². The molecule has 0 aromatic carbocycles. The van der Waals surface area contributed by atoms with E-state index in [9.17, 15) is 0 Å². The van der Waals surface area contributed by atoms with E-state index < -0.39 is 0 Å². The van der Waals surface area contributed by atoms with Crippen LogP contribution in [0, 0.1) is 0 Å². The maximum Gasteiger partial charge on any atom is 0.191 e. The number of aliphatic imine (C=N–C) groups is 1. The Morgan fingerprint density at radius 3 is 2.65 bits per heavy atom. The van der Waals surface area contributed by atoms with Gasteiger partial charge in [0, 0.05) is 32.8 Å². The summed E-state index contributed by atoms with van der Waals surface area (Å²) in [5.41, 5.74) is -0.217. The number of methoxy groups -OCH3 is 1. The molecule has 6 heteroatoms. The molecule has 1 aliphatic rings. The zero-order valence-corrected chi connectivity index (χ0v) is 18.0. The Morgan fingerprint density at radius 2 is 2.04 bits per heavy atom. The second-order valence-electron chi connectivity index (χ2n) is 6.82. The van der Waals surface area contributed by atoms with Crippen molar-refractivity contribution in [3.05, 3.63) is 0 Å². The summed E-state index contributed by atoms with van der Waals surface area (Å²) in [6.07, 6.45) is 5.25. The van der Waals surface area contributed by atoms with E-state index in [1.807, 2.05) is 0 Å². The van der Waals surface area contributed by atoms with E-state index in [-0.39, 0.29) is 29.6 Å². The van der Waals surface area contributed by atoms with Crippen LogP contribution in [0.2, 0.25) is 0 Å². The topological polar surface area (TPSA) is 48.9 Å². The van der Waals surface area contributed by atoms with Crippen LogP contribution >= 0.6 is 24.0 Å². The number of nitrogens with one attached hydrogen (secondary N) is 2. The van der Waals surface area contributed by atoms with Crippen molar-refractivity contribution < 1.29 is 4.74 Å². The second kappa shape index (κ2) is 12.3. The summed E-state index contributed by atoms with van der Waals surface area (Å²) < 4.78 is 5.41. The van der Waals surface area contributed by atoms with Crippen molar-refractivity contribution in [2.24, 2.45) is 4.99 Å². The molecule has 0 radical (unpaired) electrons. The number of guanidine groups is 1. The molecule has 1 rings (SSSR count). The Hall–Kier alpha value is -0.0800. The van der Waals surface area contributed by atoms with Crippen molar-refractivity contribution in [1.82, 2.24) is 15.5 Å². The molecular weight excluding hydrogens is 403 g/mol. The summed E-state index contributed by atoms with van der Waals surface area (Å²) in [5, 5.41) is 6.72. The van der Waals surface area contributed by atoms with E-state index in [0.717, 1.165) is 31.5 Å². The standard InChI is InChI=1S/C17H36N4O.HI/c1-6-18-16(20-14-17(3,4)22-5)19-11-9-13-21-12-8-7-10-15(21)2;/h15H,6-14H2,1-5H3,(H2,18,19,20);1H. The number of hydrogen-bond acceptors (Lipinski definition) is 3. The molecule has 0 amide bonds. The van der Waals surface area contributed by atoms with E-state index >= 15 is 0 Å². The molecule has 138 valence electrons. The van der Waals surface area contributed by atoms with E-state index in [0.29, 0.717) is 6.54 Å². The summed E-state index contributed by atoms with van der Waals surface area (Å²) in [7, 11) is 1.73. The minimum absolute atomic E-state index is 0. The van der Waals surface area contributed by atoms with Gasteiger partial charge in [-0.2, -0.15) is 0 Å². The predicted molar refractivity (Wildman–Crippen MR) is 110 cm³/mol. The number of likely N-dealkylation sites (tertiary alicyclic amines) is 1. The fourth-order valence-corrected chi connectivity index (χ4v) is 2.65. The minimum atomic E-state index is -0.217. The van der Waals surface area contributed by atoms with Crippen molar-refractivity contribution in [1.29, 1.82) is 0 Å². The fourth-order valence-electron chi connectivity index (χ4n) is 2.65. The number of rotatable bonds is 8. The van der Waals surface area contributed by atoms with Gasteiger partial charge < -0.3 is 20.3 Å². The molecule has 0 aromatic rings. The SMILES string of the molecule is CCNC(=NCC(C)(C)OC)NCCCN1CCCCC1C.I. The lowest BCUT2D eigenvalue weighted by Crippen LogP contribution is -2.42. The monoisotopic (exact) mass is 440 g/mol. The average molecular weight is 440 g/mol. The van der Waals surface area contributed by atoms with Gasteiger partial charge in [-0.15, -0.1) is 24.0 Å². The summed E-state index contributed by atoms with van der Waals surface area (Å²) in [6.45, 7) is 13.5. The third-order valence-corrected chi connectivity index (χ3v) is 4.37. The maximum absolute atomic E-state index is 5.41. The number of hydrogen-bond donors (Lipinski definition) is 2. The van der Waals surface area contributed by atoms with Gasteiger partial charge in [0.25, 0.3) is 0 Å². The highest BCUT2D eigenvalue weighted by molar-refractivity contribution is 14.0. The van der Waals surface area contributed by atoms with Gasteiger partial charge in [-0.25, -0.2) is 0 Å². The van der Waals surface area contributed by atoms with Gasteiger partial charge in [0.1, 0.15) is 0 Å². The van der Waals surface area contributed by atoms with Gasteiger partial charge in [-0.05, 0) is 53.5 Å². The summed E-state index contributed by atoms with van der Waals surface area (Å²) in [6, 6.07) is 0.748. The molecule has 0 aliphatic carbocycles. The van der Waals surface area contributed by atoms with Crippen LogP contribution in [0.5, 0.6) is 0 Å². The van der Waals surface area contributed by atoms with Crippen LogP contribution in [0.4, 0.5) is 0 Å². The maximum atomic E-state index is 5.41. The van der Waals surface area contributed by atoms with Gasteiger partial charge in [0.05, 0.1) is 12.1 Å². The van der Waals surface area contributed by atoms with E-state index in [4.69, 9.17) is 4.74 Å². The van der Waals surface area contributed by atoms with Crippen LogP contribution in [0.3, 0.4) is 0 Å². The highest BCUT2D eigenvalue weighted by Crippen LogP contribution is 2.16. The van der Waals surface area contributed by atoms with Crippen LogP contribution in [0.1, 0.15) is 53.4 Å². The van der Waals surface area contributed by atoms with Crippen molar-refractivity contribution in [2.45, 2.75) is 65.0 Å². The lowest BCUT2D eigenvalue weighted by atomic mass is 10.0. The van der Waals surface area contributed by atoms with Gasteiger partial charge in [-0.3, -0.25) is 4.99 Å². The molecule has 5 nitrogen and oxygen atoms in total. The Kier molecular flexibility index (Phi) is 12.3. The van der Waals surface area contributed by atoms with Gasteiger partial charge in [0.2, 0.25) is 0 Å². The van der Waals surface area contributed by atoms with Crippen LogP contribution in [0.25, 0.3) is 0 Å². The summed E-state index contributed by atoms with van der Waals surface area (Å²) >= 11 is 0. The van der Waals surface area contributed by atoms with Gasteiger partial charge in [0.15, 0.2) is 5.96 Å². The first-order valence-electron chi connectivity index (χ1n) is 8.80. The molecule has 0 bridgehead atoms. The second-order valence-corrected chi connectivity index (χ2v) is 6.82. The first-order valence-corrected chi connectivity index (χ1v) is 8.80. The molecule has 0 spiro atoms. The lowest BCUT2D eigenvalue weighted by molar-refractivity contribution is 0.0310. The first-order chi connectivity index (χ1) is 10.5. The highest BCUT2D eigenvalue weighted by atomic mass is 127. The third-order valence-electron chi connectivity index (χ3n) is 4.37. The van der Waals surface area contributed by atoms with Crippen LogP contribution in [-0.2, 0) is 4.74 Å². The number of piperidine rings is 1. The van der Waals surface area contributed by atoms with E-state index in [1.54, 1.807) is 7.11 Å². The summed E-state index contributed by atoms with van der Waals surface area (Å²) in [5.74, 6) is 0.888. The Bertz CT molecular complexity index is 337. The molecule has 0 aromatic heterocycles. The zero-order chi connectivity index (χ0) is 16.4. The number of halogens is 1. The van der Waals surface area contributed by atoms with Crippen molar-refractivity contribution >= 4 is 29.9 Å². The van der Waals surface area contributed by atoms with Crippen LogP contribution < -0.4 is 10.6 Å². The quantitative estimate of drug-likeness (QED) is 0.264. The summed E-state index contributed by atoms with van der Waals surface area (Å²) in [4.78, 5) is 7.23. The Balaban J connectivity index is 0.00000484. The smallest absolute Gasteiger partial charge is 0.191 e. The molecular formula is C17H37IN4O. The molecule has 1 heterocycles. The molecule has 1 unspecified atom stereocenters. The van der Waals surface area contributed by atoms with Crippen molar-refractivity contribution in [3.8, 4) is 0 Å². The van der Waals surface area contributed by atoms with Gasteiger partial charge >= 0.3 is 0 Å². The first kappa shape index (κ1) is 22.9. The third kappa shape index (κ3) is 9.72. The van der Waals surface area contributed by atoms with Crippen molar-refractivity contribution in [2.75, 3.05) is 39.8 Å². The Labute approximate surface area is 160 Å². The van der Waals surface area contributed by atoms with E-state index in [2.05, 4.69) is 48.2 Å². The molecule has 1 atom stereocenters. The Morgan fingerprint density at radius 1 is 1.30 bits per heavy atom. The molecule has 23 heavy (non-hydrogen) atoms.